The molecule has 0 aromatic heterocycles. The fourth-order valence-electron chi connectivity index (χ4n) is 5.35. The summed E-state index contributed by atoms with van der Waals surface area (Å²) in [6, 6.07) is 15.6. The topological polar surface area (TPSA) is 60.8 Å². The summed E-state index contributed by atoms with van der Waals surface area (Å²) < 4.78 is 39.5. The van der Waals surface area contributed by atoms with E-state index in [0.717, 1.165) is 38.5 Å². The average Bonchev–Trinajstić information content (AvgIpc) is 3.65. The lowest BCUT2D eigenvalue weighted by Gasteiger charge is -2.44. The molecule has 0 radical (unpaired) electrons. The Morgan fingerprint density at radius 3 is 2.03 bits per heavy atom. The summed E-state index contributed by atoms with van der Waals surface area (Å²) in [6.07, 6.45) is 1.11. The molecule has 2 aromatic carbocycles. The van der Waals surface area contributed by atoms with Gasteiger partial charge in [-0.25, -0.2) is 0 Å². The van der Waals surface area contributed by atoms with E-state index in [1.165, 1.54) is 29.8 Å². The molecule has 0 saturated heterocycles. The van der Waals surface area contributed by atoms with Crippen LogP contribution < -0.4 is 0 Å². The van der Waals surface area contributed by atoms with E-state index >= 15 is 0 Å². The van der Waals surface area contributed by atoms with Crippen LogP contribution in [0.4, 0.5) is 13.2 Å². The maximum absolute atomic E-state index is 13.4. The lowest BCUT2D eigenvalue weighted by atomic mass is 9.66. The predicted octanol–water partition coefficient (Wildman–Crippen LogP) is 5.32. The van der Waals surface area contributed by atoms with Gasteiger partial charge in [0.15, 0.2) is 5.60 Å². The van der Waals surface area contributed by atoms with E-state index in [1.807, 2.05) is 23.1 Å². The second-order valence-electron chi connectivity index (χ2n) is 9.94. The molecule has 2 aliphatic rings. The number of carbonyl (C=O) groups is 1. The number of benzene rings is 2. The van der Waals surface area contributed by atoms with Gasteiger partial charge in [-0.1, -0.05) is 42.5 Å². The Balaban J connectivity index is 1.51. The molecule has 34 heavy (non-hydrogen) atoms. The van der Waals surface area contributed by atoms with Crippen LogP contribution in [-0.4, -0.2) is 45.9 Å². The molecule has 2 aromatic rings. The highest BCUT2D eigenvalue weighted by molar-refractivity contribution is 5.95. The standard InChI is InChI=1S/C27H32F3NO3/c1-25(34,27(28,29)30)20-9-7-19(8-10-20)24(33)31(22-11-12-22)23-13-15-26(16-14-23,17-18-32)21-5-3-2-4-6-21/h2-10,22-23,32,34H,11-18H2,1H3/t23?,25-,26?/m0/s1. The van der Waals surface area contributed by atoms with E-state index < -0.39 is 11.8 Å². The van der Waals surface area contributed by atoms with Crippen LogP contribution in [0.5, 0.6) is 0 Å². The van der Waals surface area contributed by atoms with E-state index in [0.29, 0.717) is 18.9 Å². The lowest BCUT2D eigenvalue weighted by molar-refractivity contribution is -0.258. The molecule has 184 valence electrons. The van der Waals surface area contributed by atoms with Crippen LogP contribution in [-0.2, 0) is 11.0 Å². The van der Waals surface area contributed by atoms with E-state index in [-0.39, 0.29) is 35.6 Å². The van der Waals surface area contributed by atoms with Gasteiger partial charge >= 0.3 is 6.18 Å². The van der Waals surface area contributed by atoms with Gasteiger partial charge in [0.25, 0.3) is 5.91 Å². The molecule has 2 saturated carbocycles. The van der Waals surface area contributed by atoms with Crippen LogP contribution in [0.15, 0.2) is 54.6 Å². The molecular weight excluding hydrogens is 443 g/mol. The Labute approximate surface area is 198 Å². The van der Waals surface area contributed by atoms with Gasteiger partial charge in [0.1, 0.15) is 0 Å². The molecule has 1 amide bonds. The molecule has 0 spiro atoms. The number of aliphatic hydroxyl groups excluding tert-OH is 1. The van der Waals surface area contributed by atoms with E-state index in [1.54, 1.807) is 0 Å². The molecule has 1 atom stereocenters. The average molecular weight is 476 g/mol. The van der Waals surface area contributed by atoms with Crippen molar-refractivity contribution < 1.29 is 28.2 Å². The van der Waals surface area contributed by atoms with Crippen LogP contribution in [0.1, 0.15) is 73.4 Å². The predicted molar refractivity (Wildman–Crippen MR) is 123 cm³/mol. The number of alkyl halides is 3. The first kappa shape index (κ1) is 24.7. The van der Waals surface area contributed by atoms with Crippen LogP contribution in [0.25, 0.3) is 0 Å². The van der Waals surface area contributed by atoms with E-state index in [9.17, 15) is 28.2 Å². The second kappa shape index (κ2) is 9.34. The molecule has 4 rings (SSSR count). The minimum Gasteiger partial charge on any atom is -0.396 e. The van der Waals surface area contributed by atoms with Crippen molar-refractivity contribution in [2.24, 2.45) is 0 Å². The zero-order valence-corrected chi connectivity index (χ0v) is 19.4. The summed E-state index contributed by atoms with van der Waals surface area (Å²) >= 11 is 0. The van der Waals surface area contributed by atoms with E-state index in [4.69, 9.17) is 0 Å². The number of halogens is 3. The van der Waals surface area contributed by atoms with Gasteiger partial charge in [-0.2, -0.15) is 13.2 Å². The Kier molecular flexibility index (Phi) is 6.80. The molecule has 2 aliphatic carbocycles. The molecule has 4 nitrogen and oxygen atoms in total. The van der Waals surface area contributed by atoms with Crippen molar-refractivity contribution in [3.8, 4) is 0 Å². The maximum atomic E-state index is 13.4. The first-order valence-electron chi connectivity index (χ1n) is 12.0. The van der Waals surface area contributed by atoms with Gasteiger partial charge in [0.05, 0.1) is 0 Å². The van der Waals surface area contributed by atoms with Crippen LogP contribution in [0.3, 0.4) is 0 Å². The quantitative estimate of drug-likeness (QED) is 0.570. The van der Waals surface area contributed by atoms with Crippen LogP contribution in [0.2, 0.25) is 0 Å². The number of rotatable bonds is 7. The van der Waals surface area contributed by atoms with Crippen LogP contribution >= 0.6 is 0 Å². The summed E-state index contributed by atoms with van der Waals surface area (Å²) in [7, 11) is 0. The third kappa shape index (κ3) is 4.73. The molecule has 0 unspecified atom stereocenters. The van der Waals surface area contributed by atoms with Crippen molar-refractivity contribution in [2.45, 2.75) is 81.1 Å². The highest BCUT2D eigenvalue weighted by atomic mass is 19.4. The highest BCUT2D eigenvalue weighted by Gasteiger charge is 2.51. The van der Waals surface area contributed by atoms with Crippen molar-refractivity contribution >= 4 is 5.91 Å². The summed E-state index contributed by atoms with van der Waals surface area (Å²) in [6.45, 7) is 0.826. The highest BCUT2D eigenvalue weighted by Crippen LogP contribution is 2.45. The van der Waals surface area contributed by atoms with Crippen molar-refractivity contribution in [2.75, 3.05) is 6.61 Å². The van der Waals surface area contributed by atoms with Crippen molar-refractivity contribution in [1.82, 2.24) is 4.90 Å². The fourth-order valence-corrected chi connectivity index (χ4v) is 5.35. The van der Waals surface area contributed by atoms with Gasteiger partial charge in [0, 0.05) is 24.3 Å². The van der Waals surface area contributed by atoms with Gasteiger partial charge in [-0.3, -0.25) is 4.79 Å². The fraction of sp³-hybridized carbons (Fsp3) is 0.519. The molecule has 0 heterocycles. The SMILES string of the molecule is C[C@](O)(c1ccc(C(=O)N(C2CC2)C2CCC(CCO)(c3ccccc3)CC2)cc1)C(F)(F)F. The molecule has 0 aliphatic heterocycles. The van der Waals surface area contributed by atoms with Crippen molar-refractivity contribution in [3.05, 3.63) is 71.3 Å². The molecule has 7 heteroatoms. The Hall–Kier alpha value is -2.38. The van der Waals surface area contributed by atoms with E-state index in [2.05, 4.69) is 12.1 Å². The number of carbonyl (C=O) groups excluding carboxylic acids is 1. The number of hydrogen-bond acceptors (Lipinski definition) is 3. The number of amides is 1. The number of hydrogen-bond donors (Lipinski definition) is 2. The van der Waals surface area contributed by atoms with Gasteiger partial charge in [-0.15, -0.1) is 0 Å². The summed E-state index contributed by atoms with van der Waals surface area (Å²) in [5.74, 6) is -0.167. The zero-order valence-electron chi connectivity index (χ0n) is 19.4. The Bertz CT molecular complexity index is 976. The smallest absolute Gasteiger partial charge is 0.396 e. The Morgan fingerprint density at radius 2 is 1.53 bits per heavy atom. The number of aliphatic hydroxyl groups is 2. The van der Waals surface area contributed by atoms with Crippen molar-refractivity contribution in [1.29, 1.82) is 0 Å². The minimum absolute atomic E-state index is 0.0634. The third-order valence-corrected chi connectivity index (χ3v) is 7.70. The largest absolute Gasteiger partial charge is 0.421 e. The summed E-state index contributed by atoms with van der Waals surface area (Å²) in [5.41, 5.74) is -1.80. The summed E-state index contributed by atoms with van der Waals surface area (Å²) in [4.78, 5) is 15.4. The Morgan fingerprint density at radius 1 is 0.971 bits per heavy atom. The molecule has 2 fully saturated rings. The maximum Gasteiger partial charge on any atom is 0.421 e. The normalized spacial score (nSPS) is 24.9. The minimum atomic E-state index is -4.81. The second-order valence-corrected chi connectivity index (χ2v) is 9.94. The third-order valence-electron chi connectivity index (χ3n) is 7.70. The van der Waals surface area contributed by atoms with Crippen LogP contribution in [0, 0.1) is 0 Å². The van der Waals surface area contributed by atoms with Gasteiger partial charge in [0.2, 0.25) is 0 Å². The molecule has 2 N–H and O–H groups in total. The first-order chi connectivity index (χ1) is 16.1. The van der Waals surface area contributed by atoms with Gasteiger partial charge < -0.3 is 15.1 Å². The first-order valence-corrected chi connectivity index (χ1v) is 12.0. The zero-order chi connectivity index (χ0) is 24.6. The van der Waals surface area contributed by atoms with Crippen molar-refractivity contribution in [3.63, 3.8) is 0 Å². The molecular formula is C27H32F3NO3. The van der Waals surface area contributed by atoms with Gasteiger partial charge in [-0.05, 0) is 80.5 Å². The monoisotopic (exact) mass is 475 g/mol. The summed E-state index contributed by atoms with van der Waals surface area (Å²) in [5, 5.41) is 19.6. The molecule has 0 bridgehead atoms. The lowest BCUT2D eigenvalue weighted by Crippen LogP contribution is -2.46. The number of nitrogens with zero attached hydrogens (tertiary/aromatic N) is 1.